The number of nitrogens with zero attached hydrogens (tertiary/aromatic N) is 1. The minimum atomic E-state index is 0.773. The number of hydrogen-bond acceptors (Lipinski definition) is 2. The van der Waals surface area contributed by atoms with Crippen LogP contribution in [0.15, 0.2) is 36.4 Å². The molecule has 0 unspecified atom stereocenters. The van der Waals surface area contributed by atoms with Gasteiger partial charge in [-0.1, -0.05) is 42.8 Å². The van der Waals surface area contributed by atoms with Crippen LogP contribution >= 0.6 is 0 Å². The minimum Gasteiger partial charge on any atom is -0.487 e. The van der Waals surface area contributed by atoms with Crippen molar-refractivity contribution in [3.05, 3.63) is 58.7 Å². The topological polar surface area (TPSA) is 18.5 Å². The fourth-order valence-corrected chi connectivity index (χ4v) is 4.83. The van der Waals surface area contributed by atoms with Crippen LogP contribution in [0, 0.1) is 27.7 Å². The Morgan fingerprint density at radius 3 is 1.37 bits per heavy atom. The van der Waals surface area contributed by atoms with E-state index >= 15 is 0 Å². The van der Waals surface area contributed by atoms with E-state index in [1.807, 2.05) is 0 Å². The van der Waals surface area contributed by atoms with Gasteiger partial charge < -0.3 is 14.0 Å². The van der Waals surface area contributed by atoms with E-state index in [1.54, 1.807) is 0 Å². The highest BCUT2D eigenvalue weighted by Gasteiger charge is 2.28. The minimum absolute atomic E-state index is 0.773. The molecule has 0 N–H and O–H groups in total. The Hall–Kier alpha value is -2.00. The van der Waals surface area contributed by atoms with Crippen molar-refractivity contribution in [3.63, 3.8) is 0 Å². The largest absolute Gasteiger partial charge is 0.487 e. The lowest BCUT2D eigenvalue weighted by Crippen LogP contribution is -2.54. The van der Waals surface area contributed by atoms with Gasteiger partial charge in [0.15, 0.2) is 0 Å². The summed E-state index contributed by atoms with van der Waals surface area (Å²) < 4.78 is 13.7. The highest BCUT2D eigenvalue weighted by Crippen LogP contribution is 2.25. The van der Waals surface area contributed by atoms with Crippen LogP contribution in [0.3, 0.4) is 0 Å². The van der Waals surface area contributed by atoms with Crippen molar-refractivity contribution >= 4 is 0 Å². The predicted molar refractivity (Wildman–Crippen MR) is 126 cm³/mol. The molecule has 30 heavy (non-hydrogen) atoms. The van der Waals surface area contributed by atoms with Gasteiger partial charge in [-0.3, -0.25) is 0 Å². The second-order valence-corrected chi connectivity index (χ2v) is 9.14. The second kappa shape index (κ2) is 10.9. The third-order valence-electron chi connectivity index (χ3n) is 6.71. The summed E-state index contributed by atoms with van der Waals surface area (Å²) in [4.78, 5) is 0. The number of rotatable bonds is 8. The maximum Gasteiger partial charge on any atom is 0.137 e. The highest BCUT2D eigenvalue weighted by molar-refractivity contribution is 5.40. The average molecular weight is 411 g/mol. The van der Waals surface area contributed by atoms with Gasteiger partial charge in [-0.25, -0.2) is 0 Å². The molecule has 3 nitrogen and oxygen atoms in total. The highest BCUT2D eigenvalue weighted by atomic mass is 16.5. The van der Waals surface area contributed by atoms with Crippen LogP contribution in [0.1, 0.15) is 54.4 Å². The molecule has 0 saturated carbocycles. The predicted octanol–water partition coefficient (Wildman–Crippen LogP) is 6.16. The maximum atomic E-state index is 6.31. The third kappa shape index (κ3) is 6.01. The van der Waals surface area contributed by atoms with Gasteiger partial charge in [0.05, 0.1) is 13.1 Å². The monoisotopic (exact) mass is 410 g/mol. The Balaban J connectivity index is 1.64. The van der Waals surface area contributed by atoms with Gasteiger partial charge in [0.25, 0.3) is 0 Å². The first-order valence-corrected chi connectivity index (χ1v) is 11.7. The molecule has 2 aromatic carbocycles. The Bertz CT molecular complexity index is 707. The van der Waals surface area contributed by atoms with Crippen LogP contribution in [0.5, 0.6) is 11.5 Å². The lowest BCUT2D eigenvalue weighted by atomic mass is 10.1. The van der Waals surface area contributed by atoms with E-state index in [-0.39, 0.29) is 0 Å². The van der Waals surface area contributed by atoms with E-state index in [1.165, 1.54) is 67.4 Å². The molecule has 0 radical (unpaired) electrons. The fourth-order valence-electron chi connectivity index (χ4n) is 4.83. The molecule has 3 rings (SSSR count). The van der Waals surface area contributed by atoms with Crippen molar-refractivity contribution in [2.24, 2.45) is 0 Å². The smallest absolute Gasteiger partial charge is 0.137 e. The fraction of sp³-hybridized carbons (Fsp3) is 0.556. The lowest BCUT2D eigenvalue weighted by Gasteiger charge is -2.40. The summed E-state index contributed by atoms with van der Waals surface area (Å²) in [5.74, 6) is 2.13. The number of hydrogen-bond donors (Lipinski definition) is 0. The summed E-state index contributed by atoms with van der Waals surface area (Å²) in [7, 11) is 0. The van der Waals surface area contributed by atoms with Gasteiger partial charge >= 0.3 is 0 Å². The molecule has 0 spiro atoms. The Labute approximate surface area is 183 Å². The number of benzene rings is 2. The molecule has 0 bridgehead atoms. The van der Waals surface area contributed by atoms with E-state index in [0.717, 1.165) is 42.3 Å². The summed E-state index contributed by atoms with van der Waals surface area (Å²) in [6.07, 6.45) is 6.72. The van der Waals surface area contributed by atoms with Gasteiger partial charge in [0.1, 0.15) is 37.8 Å². The summed E-state index contributed by atoms with van der Waals surface area (Å²) in [6, 6.07) is 12.8. The maximum absolute atomic E-state index is 6.31. The van der Waals surface area contributed by atoms with E-state index in [2.05, 4.69) is 64.1 Å². The van der Waals surface area contributed by atoms with Gasteiger partial charge in [-0.15, -0.1) is 0 Å². The van der Waals surface area contributed by atoms with Crippen molar-refractivity contribution < 1.29 is 14.0 Å². The van der Waals surface area contributed by atoms with Gasteiger partial charge in [-0.2, -0.15) is 0 Å². The molecule has 164 valence electrons. The van der Waals surface area contributed by atoms with Crippen LogP contribution in [-0.2, 0) is 0 Å². The van der Waals surface area contributed by atoms with E-state index in [0.29, 0.717) is 0 Å². The molecule has 1 heterocycles. The van der Waals surface area contributed by atoms with E-state index in [9.17, 15) is 0 Å². The van der Waals surface area contributed by atoms with E-state index < -0.39 is 0 Å². The quantitative estimate of drug-likeness (QED) is 0.485. The van der Waals surface area contributed by atoms with Crippen LogP contribution in [-0.4, -0.2) is 43.9 Å². The van der Waals surface area contributed by atoms with Crippen molar-refractivity contribution in [3.8, 4) is 11.5 Å². The Kier molecular flexibility index (Phi) is 8.21. The zero-order valence-electron chi connectivity index (χ0n) is 19.5. The van der Waals surface area contributed by atoms with Gasteiger partial charge in [0.2, 0.25) is 0 Å². The van der Waals surface area contributed by atoms with Crippen molar-refractivity contribution in [2.45, 2.75) is 59.8 Å². The van der Waals surface area contributed by atoms with Crippen LogP contribution in [0.25, 0.3) is 0 Å². The third-order valence-corrected chi connectivity index (χ3v) is 6.71. The van der Waals surface area contributed by atoms with Gasteiger partial charge in [0, 0.05) is 0 Å². The second-order valence-electron chi connectivity index (χ2n) is 9.14. The number of ether oxygens (including phenoxy) is 2. The molecule has 0 aliphatic carbocycles. The molecule has 1 aliphatic rings. The molecular formula is C27H40NO2+. The molecule has 0 aromatic heterocycles. The molecular weight excluding hydrogens is 370 g/mol. The number of quaternary nitrogens is 1. The average Bonchev–Trinajstić information content (AvgIpc) is 2.69. The van der Waals surface area contributed by atoms with E-state index in [4.69, 9.17) is 9.47 Å². The summed E-state index contributed by atoms with van der Waals surface area (Å²) in [5, 5.41) is 0. The number of para-hydroxylation sites is 2. The van der Waals surface area contributed by atoms with Gasteiger partial charge in [-0.05, 0) is 75.6 Å². The molecule has 2 aromatic rings. The van der Waals surface area contributed by atoms with Crippen molar-refractivity contribution in [1.82, 2.24) is 0 Å². The normalized spacial score (nSPS) is 16.5. The summed E-state index contributed by atoms with van der Waals surface area (Å²) in [5.41, 5.74) is 4.92. The molecule has 1 fully saturated rings. The molecule has 0 atom stereocenters. The first kappa shape index (κ1) is 22.7. The summed E-state index contributed by atoms with van der Waals surface area (Å²) in [6.45, 7) is 14.7. The molecule has 1 saturated heterocycles. The number of likely N-dealkylation sites (tertiary alicyclic amines) is 1. The van der Waals surface area contributed by atoms with Crippen molar-refractivity contribution in [2.75, 3.05) is 39.4 Å². The number of aryl methyl sites for hydroxylation is 4. The Morgan fingerprint density at radius 1 is 0.600 bits per heavy atom. The van der Waals surface area contributed by atoms with Crippen LogP contribution in [0.4, 0.5) is 0 Å². The zero-order valence-corrected chi connectivity index (χ0v) is 19.5. The molecule has 3 heteroatoms. The summed E-state index contributed by atoms with van der Waals surface area (Å²) >= 11 is 0. The lowest BCUT2D eigenvalue weighted by molar-refractivity contribution is -0.929. The Morgan fingerprint density at radius 2 is 0.967 bits per heavy atom. The molecule has 0 amide bonds. The van der Waals surface area contributed by atoms with Crippen LogP contribution < -0.4 is 9.47 Å². The first-order chi connectivity index (χ1) is 14.5. The molecule has 1 aliphatic heterocycles. The zero-order chi connectivity index (χ0) is 21.4. The first-order valence-electron chi connectivity index (χ1n) is 11.7. The van der Waals surface area contributed by atoms with Crippen molar-refractivity contribution in [1.29, 1.82) is 0 Å². The SMILES string of the molecule is Cc1cccc(C)c1OCC[N+]1(CCOc2c(C)cccc2C)CCCCCCC1. The van der Waals surface area contributed by atoms with Crippen LogP contribution in [0.2, 0.25) is 0 Å². The standard InChI is InChI=1S/C27H40NO2/c1-22-12-10-13-23(2)26(22)29-20-18-28(16-8-6-5-7-9-17-28)19-21-30-27-24(3)14-11-15-25(27)4/h10-15H,5-9,16-21H2,1-4H3/q+1.